The van der Waals surface area contributed by atoms with E-state index < -0.39 is 40.5 Å². The third-order valence-electron chi connectivity index (χ3n) is 11.0. The number of aliphatic hydroxyl groups is 2. The van der Waals surface area contributed by atoms with Crippen molar-refractivity contribution in [2.45, 2.75) is 114 Å². The van der Waals surface area contributed by atoms with Crippen molar-refractivity contribution in [1.82, 2.24) is 10.6 Å². The van der Waals surface area contributed by atoms with Crippen LogP contribution in [0.5, 0.6) is 0 Å². The van der Waals surface area contributed by atoms with E-state index in [2.05, 4.69) is 10.6 Å². The second-order valence-corrected chi connectivity index (χ2v) is 14.6. The standard InChI is InChI=1S/C41H50N2O4/c1-39(2,37(44)42-35(40(46)25-11-3-4-12-26-40)33-23-15-19-29-17-7-9-21-31(29)33)38(45)43-36(41(47)27-13-5-6-14-28-41)34-24-16-20-30-18-8-10-22-32(30)34/h7-10,15-24,35-36,46-47H,3-6,11-14,25-28H2,1-2H3,(H,42,44)(H,43,45). The summed E-state index contributed by atoms with van der Waals surface area (Å²) >= 11 is 0. The van der Waals surface area contributed by atoms with Crippen LogP contribution in [0.3, 0.4) is 0 Å². The van der Waals surface area contributed by atoms with Gasteiger partial charge in [0.1, 0.15) is 5.41 Å². The van der Waals surface area contributed by atoms with Crippen molar-refractivity contribution in [3.8, 4) is 0 Å². The predicted molar refractivity (Wildman–Crippen MR) is 189 cm³/mol. The van der Waals surface area contributed by atoms with Crippen molar-refractivity contribution in [3.63, 3.8) is 0 Å². The Labute approximate surface area is 279 Å². The van der Waals surface area contributed by atoms with Crippen LogP contribution in [-0.4, -0.2) is 33.2 Å². The zero-order valence-electron chi connectivity index (χ0n) is 27.9. The third kappa shape index (κ3) is 6.81. The van der Waals surface area contributed by atoms with Crippen molar-refractivity contribution in [3.05, 3.63) is 96.1 Å². The molecule has 2 atom stereocenters. The van der Waals surface area contributed by atoms with Crippen molar-refractivity contribution in [1.29, 1.82) is 0 Å². The predicted octanol–water partition coefficient (Wildman–Crippen LogP) is 8.20. The molecule has 0 radical (unpaired) electrons. The van der Waals surface area contributed by atoms with E-state index in [1.54, 1.807) is 13.8 Å². The van der Waals surface area contributed by atoms with Crippen LogP contribution in [-0.2, 0) is 9.59 Å². The molecule has 4 aromatic carbocycles. The molecule has 0 spiro atoms. The number of carbonyl (C=O) groups is 2. The lowest BCUT2D eigenvalue weighted by molar-refractivity contribution is -0.145. The van der Waals surface area contributed by atoms with Crippen LogP contribution in [0.15, 0.2) is 84.9 Å². The zero-order chi connectivity index (χ0) is 33.1. The summed E-state index contributed by atoms with van der Waals surface area (Å²) < 4.78 is 0. The molecule has 2 aliphatic carbocycles. The number of carbonyl (C=O) groups excluding carboxylic acids is 2. The van der Waals surface area contributed by atoms with Crippen LogP contribution in [0.2, 0.25) is 0 Å². The Balaban J connectivity index is 1.34. The smallest absolute Gasteiger partial charge is 0.235 e. The fraction of sp³-hybridized carbons (Fsp3) is 0.463. The van der Waals surface area contributed by atoms with E-state index in [0.717, 1.165) is 84.0 Å². The van der Waals surface area contributed by atoms with Gasteiger partial charge in [0.2, 0.25) is 11.8 Å². The fourth-order valence-corrected chi connectivity index (χ4v) is 7.99. The fourth-order valence-electron chi connectivity index (χ4n) is 7.99. The highest BCUT2D eigenvalue weighted by Crippen LogP contribution is 2.42. The molecular formula is C41H50N2O4. The molecule has 0 aliphatic heterocycles. The molecule has 0 saturated heterocycles. The number of benzene rings is 4. The lowest BCUT2D eigenvalue weighted by atomic mass is 9.79. The molecule has 2 amide bonds. The average molecular weight is 635 g/mol. The van der Waals surface area contributed by atoms with Gasteiger partial charge in [-0.05, 0) is 72.2 Å². The highest BCUT2D eigenvalue weighted by molar-refractivity contribution is 6.05. The van der Waals surface area contributed by atoms with Crippen LogP contribution >= 0.6 is 0 Å². The average Bonchev–Trinajstić information content (AvgIpc) is 3.45. The number of fused-ring (bicyclic) bond motifs is 2. The molecule has 2 aliphatic rings. The van der Waals surface area contributed by atoms with E-state index >= 15 is 0 Å². The quantitative estimate of drug-likeness (QED) is 0.116. The van der Waals surface area contributed by atoms with Crippen molar-refractivity contribution in [2.24, 2.45) is 5.41 Å². The van der Waals surface area contributed by atoms with Gasteiger partial charge in [0.05, 0.1) is 23.3 Å². The van der Waals surface area contributed by atoms with Gasteiger partial charge >= 0.3 is 0 Å². The van der Waals surface area contributed by atoms with Gasteiger partial charge in [-0.2, -0.15) is 0 Å². The van der Waals surface area contributed by atoms with E-state index in [1.807, 2.05) is 84.9 Å². The first-order chi connectivity index (χ1) is 22.6. The lowest BCUT2D eigenvalue weighted by Gasteiger charge is -2.40. The summed E-state index contributed by atoms with van der Waals surface area (Å²) in [7, 11) is 0. The summed E-state index contributed by atoms with van der Waals surface area (Å²) in [5.74, 6) is -0.898. The van der Waals surface area contributed by atoms with Crippen LogP contribution < -0.4 is 10.6 Å². The highest BCUT2D eigenvalue weighted by atomic mass is 16.3. The van der Waals surface area contributed by atoms with Crippen LogP contribution in [0.1, 0.15) is 114 Å². The Morgan fingerprint density at radius 1 is 0.553 bits per heavy atom. The topological polar surface area (TPSA) is 98.7 Å². The maximum absolute atomic E-state index is 14.4. The number of rotatable bonds is 8. The van der Waals surface area contributed by atoms with Gasteiger partial charge in [-0.25, -0.2) is 0 Å². The van der Waals surface area contributed by atoms with Crippen LogP contribution in [0.4, 0.5) is 0 Å². The maximum Gasteiger partial charge on any atom is 0.235 e. The van der Waals surface area contributed by atoms with Gasteiger partial charge in [-0.3, -0.25) is 9.59 Å². The minimum Gasteiger partial charge on any atom is -0.387 e. The molecule has 0 heterocycles. The molecule has 248 valence electrons. The summed E-state index contributed by atoms with van der Waals surface area (Å²) in [5.41, 5.74) is -2.07. The van der Waals surface area contributed by atoms with Crippen LogP contribution in [0.25, 0.3) is 21.5 Å². The van der Waals surface area contributed by atoms with Gasteiger partial charge in [0.15, 0.2) is 0 Å². The molecule has 6 nitrogen and oxygen atoms in total. The van der Waals surface area contributed by atoms with E-state index in [4.69, 9.17) is 0 Å². The molecule has 0 aromatic heterocycles. The molecule has 47 heavy (non-hydrogen) atoms. The normalized spacial score (nSPS) is 19.7. The largest absolute Gasteiger partial charge is 0.387 e. The molecule has 0 bridgehead atoms. The number of amides is 2. The molecule has 2 saturated carbocycles. The minimum atomic E-state index is -1.49. The van der Waals surface area contributed by atoms with E-state index in [-0.39, 0.29) is 0 Å². The second-order valence-electron chi connectivity index (χ2n) is 14.6. The van der Waals surface area contributed by atoms with Gasteiger partial charge < -0.3 is 20.8 Å². The van der Waals surface area contributed by atoms with Crippen LogP contribution in [0, 0.1) is 5.41 Å². The number of nitrogens with one attached hydrogen (secondary N) is 2. The van der Waals surface area contributed by atoms with Gasteiger partial charge in [0.25, 0.3) is 0 Å². The lowest BCUT2D eigenvalue weighted by Crippen LogP contribution is -2.55. The molecule has 6 heteroatoms. The summed E-state index contributed by atoms with van der Waals surface area (Å²) in [6, 6.07) is 26.7. The number of hydrogen-bond donors (Lipinski definition) is 4. The summed E-state index contributed by atoms with van der Waals surface area (Å²) in [5, 5.41) is 35.0. The number of hydrogen-bond acceptors (Lipinski definition) is 4. The summed E-state index contributed by atoms with van der Waals surface area (Å²) in [6.45, 7) is 3.29. The first-order valence-electron chi connectivity index (χ1n) is 17.6. The molecule has 4 aromatic rings. The van der Waals surface area contributed by atoms with Crippen molar-refractivity contribution < 1.29 is 19.8 Å². The Hall–Kier alpha value is -3.74. The third-order valence-corrected chi connectivity index (χ3v) is 11.0. The van der Waals surface area contributed by atoms with Crippen molar-refractivity contribution in [2.75, 3.05) is 0 Å². The Morgan fingerprint density at radius 2 is 0.894 bits per heavy atom. The van der Waals surface area contributed by atoms with Gasteiger partial charge in [-0.15, -0.1) is 0 Å². The van der Waals surface area contributed by atoms with E-state index in [9.17, 15) is 19.8 Å². The molecule has 6 rings (SSSR count). The maximum atomic E-state index is 14.4. The monoisotopic (exact) mass is 634 g/mol. The Bertz CT molecular complexity index is 1580. The summed E-state index contributed by atoms with van der Waals surface area (Å²) in [4.78, 5) is 28.8. The first-order valence-corrected chi connectivity index (χ1v) is 17.6. The first kappa shape index (κ1) is 33.2. The van der Waals surface area contributed by atoms with E-state index in [1.165, 1.54) is 0 Å². The zero-order valence-corrected chi connectivity index (χ0v) is 27.9. The van der Waals surface area contributed by atoms with Crippen molar-refractivity contribution >= 4 is 33.4 Å². The second kappa shape index (κ2) is 13.8. The van der Waals surface area contributed by atoms with Gasteiger partial charge in [-0.1, -0.05) is 136 Å². The Kier molecular flexibility index (Phi) is 9.72. The Morgan fingerprint density at radius 3 is 1.28 bits per heavy atom. The highest BCUT2D eigenvalue weighted by Gasteiger charge is 2.46. The molecule has 2 fully saturated rings. The SMILES string of the molecule is CC(C)(C(=O)NC(c1cccc2ccccc12)C1(O)CCCCCC1)C(=O)NC(c1cccc2ccccc12)C1(O)CCCCCC1. The van der Waals surface area contributed by atoms with E-state index in [0.29, 0.717) is 25.7 Å². The molecule has 4 N–H and O–H groups in total. The van der Waals surface area contributed by atoms with Gasteiger partial charge in [0, 0.05) is 0 Å². The molecular weight excluding hydrogens is 584 g/mol. The summed E-state index contributed by atoms with van der Waals surface area (Å²) in [6.07, 6.45) is 9.99. The minimum absolute atomic E-state index is 0.449. The molecule has 2 unspecified atom stereocenters.